The number of carbonyl (C=O) groups excluding carboxylic acids is 2. The topological polar surface area (TPSA) is 142 Å². The summed E-state index contributed by atoms with van der Waals surface area (Å²) in [6.45, 7) is 1.47. The molecule has 10 nitrogen and oxygen atoms in total. The number of esters is 2. The number of ether oxygens (including phenoxy) is 2. The second kappa shape index (κ2) is 8.05. The highest BCUT2D eigenvalue weighted by atomic mass is 32.2. The largest absolute Gasteiger partial charge is 0.465 e. The van der Waals surface area contributed by atoms with E-state index in [4.69, 9.17) is 0 Å². The first-order valence-corrected chi connectivity index (χ1v) is 9.17. The highest BCUT2D eigenvalue weighted by molar-refractivity contribution is 7.92. The zero-order valence-corrected chi connectivity index (χ0v) is 15.9. The van der Waals surface area contributed by atoms with Crippen molar-refractivity contribution >= 4 is 33.3 Å². The van der Waals surface area contributed by atoms with E-state index in [9.17, 15) is 28.1 Å². The highest BCUT2D eigenvalue weighted by Gasteiger charge is 2.23. The molecule has 0 fully saturated rings. The number of nitrogens with zero attached hydrogens (tertiary/aromatic N) is 1. The fourth-order valence-electron chi connectivity index (χ4n) is 2.32. The summed E-state index contributed by atoms with van der Waals surface area (Å²) in [6.07, 6.45) is 0. The monoisotopic (exact) mass is 408 g/mol. The Balaban J connectivity index is 2.55. The van der Waals surface area contributed by atoms with Crippen LogP contribution in [-0.2, 0) is 19.5 Å². The number of nitrogens with one attached hydrogen (secondary N) is 1. The number of benzene rings is 2. The smallest absolute Gasteiger partial charge is 0.339 e. The molecule has 0 spiro atoms. The third kappa shape index (κ3) is 4.26. The fourth-order valence-corrected chi connectivity index (χ4v) is 3.41. The number of aryl methyl sites for hydroxylation is 1. The number of anilines is 1. The van der Waals surface area contributed by atoms with E-state index >= 15 is 0 Å². The molecule has 11 heteroatoms. The van der Waals surface area contributed by atoms with E-state index in [1.165, 1.54) is 31.2 Å². The summed E-state index contributed by atoms with van der Waals surface area (Å²) in [5.74, 6) is -1.59. The fraction of sp³-hybridized carbons (Fsp3) is 0.176. The molecule has 2 rings (SSSR count). The first-order chi connectivity index (χ1) is 13.1. The summed E-state index contributed by atoms with van der Waals surface area (Å²) >= 11 is 0. The standard InChI is InChI=1S/C17H16N2O8S/c1-10-4-6-12(9-15(10)19(22)23)28(24,25)18-14-8-11(16(20)26-2)5-7-13(14)17(21)27-3/h4-9,18H,1-3H3. The summed E-state index contributed by atoms with van der Waals surface area (Å²) in [7, 11) is -2.06. The Kier molecular flexibility index (Phi) is 5.99. The SMILES string of the molecule is COC(=O)c1ccc(C(=O)OC)c(NS(=O)(=O)c2ccc(C)c([N+](=O)[O-])c2)c1. The molecule has 2 aromatic rings. The second-order valence-electron chi connectivity index (χ2n) is 5.55. The van der Waals surface area contributed by atoms with E-state index in [2.05, 4.69) is 14.2 Å². The first-order valence-electron chi connectivity index (χ1n) is 7.69. The van der Waals surface area contributed by atoms with Gasteiger partial charge in [0, 0.05) is 11.6 Å². The number of methoxy groups -OCH3 is 2. The maximum atomic E-state index is 12.7. The minimum Gasteiger partial charge on any atom is -0.465 e. The molecule has 0 amide bonds. The third-order valence-corrected chi connectivity index (χ3v) is 5.14. The van der Waals surface area contributed by atoms with Gasteiger partial charge in [0.05, 0.1) is 40.9 Å². The Morgan fingerprint density at radius 1 is 1.04 bits per heavy atom. The normalized spacial score (nSPS) is 10.8. The van der Waals surface area contributed by atoms with Gasteiger partial charge in [0.25, 0.3) is 15.7 Å². The van der Waals surface area contributed by atoms with Gasteiger partial charge in [0.1, 0.15) is 0 Å². The summed E-state index contributed by atoms with van der Waals surface area (Å²) in [5.41, 5.74) is -0.493. The minimum atomic E-state index is -4.31. The van der Waals surface area contributed by atoms with Crippen LogP contribution in [0.15, 0.2) is 41.3 Å². The Hall–Kier alpha value is -3.47. The Morgan fingerprint density at radius 2 is 1.68 bits per heavy atom. The van der Waals surface area contributed by atoms with Gasteiger partial charge in [-0.05, 0) is 31.2 Å². The van der Waals surface area contributed by atoms with Crippen LogP contribution in [0.4, 0.5) is 11.4 Å². The molecule has 148 valence electrons. The van der Waals surface area contributed by atoms with Crippen molar-refractivity contribution in [2.24, 2.45) is 0 Å². The molecule has 2 aromatic carbocycles. The van der Waals surface area contributed by atoms with E-state index in [0.29, 0.717) is 0 Å². The quantitative estimate of drug-likeness (QED) is 0.436. The Morgan fingerprint density at radius 3 is 2.25 bits per heavy atom. The average molecular weight is 408 g/mol. The lowest BCUT2D eigenvalue weighted by molar-refractivity contribution is -0.385. The second-order valence-corrected chi connectivity index (χ2v) is 7.24. The van der Waals surface area contributed by atoms with E-state index < -0.39 is 26.9 Å². The van der Waals surface area contributed by atoms with Crippen molar-refractivity contribution < 1.29 is 32.4 Å². The number of hydrogen-bond acceptors (Lipinski definition) is 8. The number of carbonyl (C=O) groups is 2. The lowest BCUT2D eigenvalue weighted by Gasteiger charge is -2.13. The molecule has 0 aliphatic heterocycles. The molecule has 0 saturated carbocycles. The van der Waals surface area contributed by atoms with Gasteiger partial charge < -0.3 is 9.47 Å². The summed E-state index contributed by atoms with van der Waals surface area (Å²) in [6, 6.07) is 6.96. The van der Waals surface area contributed by atoms with Crippen molar-refractivity contribution in [2.75, 3.05) is 18.9 Å². The van der Waals surface area contributed by atoms with Crippen LogP contribution in [0.5, 0.6) is 0 Å². The van der Waals surface area contributed by atoms with E-state index in [1.54, 1.807) is 0 Å². The molecule has 0 unspecified atom stereocenters. The van der Waals surface area contributed by atoms with Crippen LogP contribution in [-0.4, -0.2) is 39.5 Å². The van der Waals surface area contributed by atoms with Crippen molar-refractivity contribution in [3.63, 3.8) is 0 Å². The predicted octanol–water partition coefficient (Wildman–Crippen LogP) is 2.28. The van der Waals surface area contributed by atoms with Crippen LogP contribution in [0, 0.1) is 17.0 Å². The molecule has 0 radical (unpaired) electrons. The molecule has 0 atom stereocenters. The zero-order chi connectivity index (χ0) is 21.1. The van der Waals surface area contributed by atoms with Gasteiger partial charge in [0.15, 0.2) is 0 Å². The van der Waals surface area contributed by atoms with E-state index in [1.807, 2.05) is 0 Å². The van der Waals surface area contributed by atoms with Gasteiger partial charge in [-0.3, -0.25) is 14.8 Å². The Labute approximate surface area is 160 Å². The maximum Gasteiger partial charge on any atom is 0.339 e. The van der Waals surface area contributed by atoms with Crippen LogP contribution >= 0.6 is 0 Å². The Bertz CT molecular complexity index is 1060. The summed E-state index contributed by atoms with van der Waals surface area (Å²) < 4.78 is 36.8. The number of rotatable bonds is 6. The maximum absolute atomic E-state index is 12.7. The van der Waals surface area contributed by atoms with Crippen molar-refractivity contribution in [2.45, 2.75) is 11.8 Å². The van der Waals surface area contributed by atoms with Gasteiger partial charge >= 0.3 is 11.9 Å². The van der Waals surface area contributed by atoms with Crippen molar-refractivity contribution in [3.05, 3.63) is 63.2 Å². The van der Waals surface area contributed by atoms with E-state index in [-0.39, 0.29) is 33.0 Å². The lowest BCUT2D eigenvalue weighted by atomic mass is 10.1. The predicted molar refractivity (Wildman–Crippen MR) is 97.8 cm³/mol. The average Bonchev–Trinajstić information content (AvgIpc) is 2.66. The number of nitro benzene ring substituents is 1. The lowest BCUT2D eigenvalue weighted by Crippen LogP contribution is -2.17. The van der Waals surface area contributed by atoms with Gasteiger partial charge in [-0.25, -0.2) is 18.0 Å². The highest BCUT2D eigenvalue weighted by Crippen LogP contribution is 2.26. The number of hydrogen-bond donors (Lipinski definition) is 1. The van der Waals surface area contributed by atoms with Crippen LogP contribution in [0.2, 0.25) is 0 Å². The molecule has 0 aliphatic rings. The van der Waals surface area contributed by atoms with Gasteiger partial charge in [-0.15, -0.1) is 0 Å². The first kappa shape index (κ1) is 20.8. The van der Waals surface area contributed by atoms with E-state index in [0.717, 1.165) is 26.4 Å². The number of sulfonamides is 1. The summed E-state index contributed by atoms with van der Waals surface area (Å²) in [4.78, 5) is 33.6. The molecular formula is C17H16N2O8S. The van der Waals surface area contributed by atoms with Crippen LogP contribution in [0.1, 0.15) is 26.3 Å². The third-order valence-electron chi connectivity index (χ3n) is 3.78. The van der Waals surface area contributed by atoms with Crippen molar-refractivity contribution in [1.82, 2.24) is 0 Å². The van der Waals surface area contributed by atoms with Crippen LogP contribution < -0.4 is 4.72 Å². The van der Waals surface area contributed by atoms with Crippen molar-refractivity contribution in [3.8, 4) is 0 Å². The molecule has 0 saturated heterocycles. The van der Waals surface area contributed by atoms with Gasteiger partial charge in [-0.1, -0.05) is 6.07 Å². The molecule has 28 heavy (non-hydrogen) atoms. The molecule has 0 heterocycles. The molecule has 1 N–H and O–H groups in total. The minimum absolute atomic E-state index is 0.0114. The molecular weight excluding hydrogens is 392 g/mol. The van der Waals surface area contributed by atoms with Gasteiger partial charge in [0.2, 0.25) is 0 Å². The van der Waals surface area contributed by atoms with Crippen LogP contribution in [0.25, 0.3) is 0 Å². The summed E-state index contributed by atoms with van der Waals surface area (Å²) in [5, 5.41) is 11.1. The van der Waals surface area contributed by atoms with Crippen molar-refractivity contribution in [1.29, 1.82) is 0 Å². The number of nitro groups is 1. The zero-order valence-electron chi connectivity index (χ0n) is 15.1. The molecule has 0 aliphatic carbocycles. The van der Waals surface area contributed by atoms with Gasteiger partial charge in [-0.2, -0.15) is 0 Å². The molecule has 0 aromatic heterocycles. The van der Waals surface area contributed by atoms with Crippen LogP contribution in [0.3, 0.4) is 0 Å². The molecule has 0 bridgehead atoms.